The van der Waals surface area contributed by atoms with Crippen LogP contribution in [0.5, 0.6) is 0 Å². The molecule has 0 aliphatic heterocycles. The Kier molecular flexibility index (Phi) is 15.8. The number of carbonyl (C=O) groups is 1. The number of allylic oxidation sites excluding steroid dienone is 2. The van der Waals surface area contributed by atoms with Crippen LogP contribution in [0.1, 0.15) is 215 Å². The Morgan fingerprint density at radius 1 is 0.745 bits per heavy atom. The van der Waals surface area contributed by atoms with Crippen LogP contribution in [0.2, 0.25) is 0 Å². The average Bonchev–Trinajstić information content (AvgIpc) is 3.39. The first kappa shape index (κ1) is 39.0. The monoisotopic (exact) mass is 653 g/mol. The molecule has 8 atom stereocenters. The van der Waals surface area contributed by atoms with Gasteiger partial charge in [-0.2, -0.15) is 0 Å². The number of rotatable bonds is 21. The highest BCUT2D eigenvalue weighted by atomic mass is 16.6. The first-order valence-electron chi connectivity index (χ1n) is 21.5. The lowest BCUT2D eigenvalue weighted by Gasteiger charge is -2.61. The van der Waals surface area contributed by atoms with Crippen molar-refractivity contribution in [3.05, 3.63) is 12.2 Å². The summed E-state index contributed by atoms with van der Waals surface area (Å²) in [5.74, 6) is 5.70. The van der Waals surface area contributed by atoms with Crippen LogP contribution in [0.15, 0.2) is 12.2 Å². The van der Waals surface area contributed by atoms with E-state index in [2.05, 4.69) is 53.7 Å². The molecule has 0 heterocycles. The second kappa shape index (κ2) is 19.0. The number of carbonyl (C=O) groups excluding carboxylic acids is 1. The van der Waals surface area contributed by atoms with Crippen molar-refractivity contribution in [3.8, 4) is 0 Å². The maximum atomic E-state index is 12.7. The average molecular weight is 653 g/mol. The maximum absolute atomic E-state index is 12.7. The third-order valence-corrected chi connectivity index (χ3v) is 14.8. The van der Waals surface area contributed by atoms with E-state index >= 15 is 0 Å². The van der Waals surface area contributed by atoms with E-state index < -0.39 is 0 Å². The summed E-state index contributed by atoms with van der Waals surface area (Å²) in [4.78, 5) is 12.7. The molecular formula is C45H80O2. The van der Waals surface area contributed by atoms with Crippen molar-refractivity contribution < 1.29 is 9.53 Å². The zero-order valence-corrected chi connectivity index (χ0v) is 32.5. The number of unbranched alkanes of at least 4 members (excludes halogenated alkanes) is 11. The Labute approximate surface area is 293 Å². The van der Waals surface area contributed by atoms with Gasteiger partial charge in [0.1, 0.15) is 5.60 Å². The van der Waals surface area contributed by atoms with Crippen LogP contribution in [0.4, 0.5) is 0 Å². The minimum atomic E-state index is -0.340. The van der Waals surface area contributed by atoms with E-state index in [1.54, 1.807) is 0 Å². The molecule has 272 valence electrons. The molecule has 0 aromatic rings. The van der Waals surface area contributed by atoms with Crippen molar-refractivity contribution in [3.63, 3.8) is 0 Å². The summed E-state index contributed by atoms with van der Waals surface area (Å²) in [6.07, 6.45) is 40.5. The maximum Gasteiger partial charge on any atom is 0.306 e. The quantitative estimate of drug-likeness (QED) is 0.0700. The lowest BCUT2D eigenvalue weighted by molar-refractivity contribution is -0.157. The van der Waals surface area contributed by atoms with E-state index in [-0.39, 0.29) is 11.6 Å². The number of fused-ring (bicyclic) bond motifs is 5. The molecule has 4 saturated carbocycles. The van der Waals surface area contributed by atoms with Gasteiger partial charge in [-0.25, -0.2) is 0 Å². The van der Waals surface area contributed by atoms with Gasteiger partial charge in [0.05, 0.1) is 0 Å². The Balaban J connectivity index is 1.06. The minimum Gasteiger partial charge on any atom is -0.460 e. The van der Waals surface area contributed by atoms with Crippen LogP contribution in [0, 0.1) is 46.3 Å². The molecular weight excluding hydrogens is 572 g/mol. The molecule has 4 fully saturated rings. The van der Waals surface area contributed by atoms with E-state index in [4.69, 9.17) is 4.74 Å². The SMILES string of the molecule is CCCCCCCC/C=C\CCCCCCCC(=O)OC(C)(C)CCC[C@@H](C)[C@H]1CC[C@H]2[C@@H]3CCC4CCCC[C@]4(C)[C@H]3CC[C@]12C. The fourth-order valence-electron chi connectivity index (χ4n) is 12.1. The highest BCUT2D eigenvalue weighted by Crippen LogP contribution is 2.68. The predicted molar refractivity (Wildman–Crippen MR) is 202 cm³/mol. The largest absolute Gasteiger partial charge is 0.460 e. The summed E-state index contributed by atoms with van der Waals surface area (Å²) in [5, 5.41) is 0. The van der Waals surface area contributed by atoms with Gasteiger partial charge < -0.3 is 4.74 Å². The lowest BCUT2D eigenvalue weighted by Crippen LogP contribution is -2.53. The van der Waals surface area contributed by atoms with Gasteiger partial charge in [0.15, 0.2) is 0 Å². The van der Waals surface area contributed by atoms with Crippen molar-refractivity contribution in [1.29, 1.82) is 0 Å². The Hall–Kier alpha value is -0.790. The highest BCUT2D eigenvalue weighted by Gasteiger charge is 2.60. The number of hydrogen-bond acceptors (Lipinski definition) is 2. The fourth-order valence-corrected chi connectivity index (χ4v) is 12.1. The van der Waals surface area contributed by atoms with Crippen molar-refractivity contribution in [2.45, 2.75) is 221 Å². The summed E-state index contributed by atoms with van der Waals surface area (Å²) in [6, 6.07) is 0. The summed E-state index contributed by atoms with van der Waals surface area (Å²) < 4.78 is 6.03. The Bertz CT molecular complexity index is 934. The molecule has 0 radical (unpaired) electrons. The molecule has 0 bridgehead atoms. The van der Waals surface area contributed by atoms with Gasteiger partial charge in [0.2, 0.25) is 0 Å². The third-order valence-electron chi connectivity index (χ3n) is 14.8. The van der Waals surface area contributed by atoms with E-state index in [1.165, 1.54) is 148 Å². The van der Waals surface area contributed by atoms with Crippen LogP contribution in [-0.4, -0.2) is 11.6 Å². The number of ether oxygens (including phenoxy) is 1. The minimum absolute atomic E-state index is 0.0185. The molecule has 4 rings (SSSR count). The van der Waals surface area contributed by atoms with E-state index in [0.29, 0.717) is 17.3 Å². The first-order chi connectivity index (χ1) is 22.6. The second-order valence-electron chi connectivity index (χ2n) is 18.6. The van der Waals surface area contributed by atoms with E-state index in [1.807, 2.05) is 0 Å². The molecule has 47 heavy (non-hydrogen) atoms. The zero-order valence-electron chi connectivity index (χ0n) is 32.5. The van der Waals surface area contributed by atoms with Crippen molar-refractivity contribution in [2.75, 3.05) is 0 Å². The third kappa shape index (κ3) is 10.8. The fraction of sp³-hybridized carbons (Fsp3) is 0.933. The Morgan fingerprint density at radius 3 is 2.13 bits per heavy atom. The smallest absolute Gasteiger partial charge is 0.306 e. The topological polar surface area (TPSA) is 26.3 Å². The molecule has 0 aromatic carbocycles. The molecule has 4 aliphatic rings. The summed E-state index contributed by atoms with van der Waals surface area (Å²) in [5.41, 5.74) is 0.872. The van der Waals surface area contributed by atoms with Crippen LogP contribution < -0.4 is 0 Å². The van der Waals surface area contributed by atoms with E-state index in [9.17, 15) is 4.79 Å². The standard InChI is InChI=1S/C45H80O2/c1-7-8-9-10-11-12-13-14-15-16-17-18-19-20-21-27-42(46)47-43(3,4)33-24-25-36(2)39-30-31-40-38-29-28-37-26-22-23-34-44(37,5)41(38)32-35-45(39,40)6/h14-15,36-41H,7-13,16-35H2,1-6H3/b15-14-/t36-,37?,38+,39-,40+,41+,44+,45-/m1/s1. The van der Waals surface area contributed by atoms with Gasteiger partial charge >= 0.3 is 5.97 Å². The van der Waals surface area contributed by atoms with Crippen LogP contribution in [0.25, 0.3) is 0 Å². The van der Waals surface area contributed by atoms with Gasteiger partial charge in [-0.3, -0.25) is 4.79 Å². The van der Waals surface area contributed by atoms with Gasteiger partial charge in [-0.15, -0.1) is 0 Å². The van der Waals surface area contributed by atoms with Crippen molar-refractivity contribution in [2.24, 2.45) is 46.3 Å². The molecule has 4 aliphatic carbocycles. The van der Waals surface area contributed by atoms with Crippen LogP contribution >= 0.6 is 0 Å². The number of hydrogen-bond donors (Lipinski definition) is 0. The van der Waals surface area contributed by atoms with Crippen LogP contribution in [0.3, 0.4) is 0 Å². The van der Waals surface area contributed by atoms with Crippen LogP contribution in [-0.2, 0) is 9.53 Å². The second-order valence-corrected chi connectivity index (χ2v) is 18.6. The molecule has 0 N–H and O–H groups in total. The molecule has 0 saturated heterocycles. The Morgan fingerprint density at radius 2 is 1.40 bits per heavy atom. The van der Waals surface area contributed by atoms with Gasteiger partial charge in [0, 0.05) is 6.42 Å². The zero-order chi connectivity index (χ0) is 33.8. The molecule has 2 heteroatoms. The number of esters is 1. The highest BCUT2D eigenvalue weighted by molar-refractivity contribution is 5.69. The van der Waals surface area contributed by atoms with E-state index in [0.717, 1.165) is 54.8 Å². The summed E-state index contributed by atoms with van der Waals surface area (Å²) in [7, 11) is 0. The summed E-state index contributed by atoms with van der Waals surface area (Å²) in [6.45, 7) is 14.6. The molecule has 0 aromatic heterocycles. The molecule has 0 amide bonds. The van der Waals surface area contributed by atoms with Crippen molar-refractivity contribution >= 4 is 5.97 Å². The lowest BCUT2D eigenvalue weighted by atomic mass is 9.44. The van der Waals surface area contributed by atoms with Gasteiger partial charge in [-0.05, 0) is 156 Å². The molecule has 2 nitrogen and oxygen atoms in total. The van der Waals surface area contributed by atoms with Crippen molar-refractivity contribution in [1.82, 2.24) is 0 Å². The summed E-state index contributed by atoms with van der Waals surface area (Å²) >= 11 is 0. The molecule has 1 unspecified atom stereocenters. The van der Waals surface area contributed by atoms with Gasteiger partial charge in [-0.1, -0.05) is 110 Å². The van der Waals surface area contributed by atoms with Gasteiger partial charge in [0.25, 0.3) is 0 Å². The molecule has 0 spiro atoms. The predicted octanol–water partition coefficient (Wildman–Crippen LogP) is 14.2. The first-order valence-corrected chi connectivity index (χ1v) is 21.5. The normalized spacial score (nSPS) is 32.9.